The van der Waals surface area contributed by atoms with Crippen molar-refractivity contribution in [1.82, 2.24) is 20.3 Å². The molecule has 9 nitrogen and oxygen atoms in total. The molecule has 0 amide bonds. The number of aliphatic hydroxyl groups excluding tert-OH is 1. The van der Waals surface area contributed by atoms with Crippen LogP contribution in [0.15, 0.2) is 6.07 Å². The lowest BCUT2D eigenvalue weighted by atomic mass is 9.96. The molecule has 2 aromatic heterocycles. The normalized spacial score (nSPS) is 17.2. The number of benzene rings is 1. The van der Waals surface area contributed by atoms with Crippen LogP contribution in [0.25, 0.3) is 22.2 Å². The average Bonchev–Trinajstić information content (AvgIpc) is 3.50. The number of hydrogen-bond donors (Lipinski definition) is 4. The predicted molar refractivity (Wildman–Crippen MR) is 154 cm³/mol. The number of aliphatic hydroxyl groups is 1. The van der Waals surface area contributed by atoms with E-state index in [-0.39, 0.29) is 28.5 Å². The van der Waals surface area contributed by atoms with Crippen LogP contribution in [-0.2, 0) is 6.18 Å². The Morgan fingerprint density at radius 2 is 1.69 bits per heavy atom. The number of nitrogens with zero attached hydrogens (tertiary/aromatic N) is 4. The summed E-state index contributed by atoms with van der Waals surface area (Å²) in [5, 5.41) is 13.6. The zero-order chi connectivity index (χ0) is 31.2. The second-order valence-corrected chi connectivity index (χ2v) is 9.59. The number of nitrogens with one attached hydrogen (secondary N) is 2. The third-order valence-corrected chi connectivity index (χ3v) is 6.83. The van der Waals surface area contributed by atoms with Crippen LogP contribution in [0.3, 0.4) is 0 Å². The molecule has 1 atom stereocenters. The van der Waals surface area contributed by atoms with Crippen molar-refractivity contribution in [3.8, 4) is 17.1 Å². The molecule has 0 radical (unpaired) electrons. The van der Waals surface area contributed by atoms with Gasteiger partial charge in [-0.1, -0.05) is 13.8 Å². The highest BCUT2D eigenvalue weighted by molar-refractivity contribution is 5.97. The molecule has 1 fully saturated rings. The van der Waals surface area contributed by atoms with Gasteiger partial charge in [-0.15, -0.1) is 0 Å². The smallest absolute Gasteiger partial charge is 0.417 e. The lowest BCUT2D eigenvalue weighted by molar-refractivity contribution is -0.137. The van der Waals surface area contributed by atoms with Crippen molar-refractivity contribution in [2.45, 2.75) is 59.2 Å². The molecule has 2 aliphatic rings. The zero-order valence-corrected chi connectivity index (χ0v) is 24.4. The maximum absolute atomic E-state index is 16.3. The molecular formula is C28H38F5N7O2. The molecule has 3 aromatic rings. The largest absolute Gasteiger partial charge is 0.474 e. The Morgan fingerprint density at radius 1 is 1.02 bits per heavy atom. The van der Waals surface area contributed by atoms with Gasteiger partial charge in [0.15, 0.2) is 5.82 Å². The van der Waals surface area contributed by atoms with E-state index < -0.39 is 52.0 Å². The highest BCUT2D eigenvalue weighted by atomic mass is 19.4. The van der Waals surface area contributed by atoms with E-state index in [4.69, 9.17) is 15.6 Å². The van der Waals surface area contributed by atoms with Gasteiger partial charge in [0.1, 0.15) is 28.2 Å². The van der Waals surface area contributed by atoms with Gasteiger partial charge in [0.25, 0.3) is 0 Å². The fourth-order valence-electron chi connectivity index (χ4n) is 4.90. The van der Waals surface area contributed by atoms with Gasteiger partial charge in [0.2, 0.25) is 11.8 Å². The van der Waals surface area contributed by atoms with E-state index in [1.54, 1.807) is 6.92 Å². The molecule has 4 heterocycles. The third kappa shape index (κ3) is 6.75. The van der Waals surface area contributed by atoms with Crippen molar-refractivity contribution in [3.63, 3.8) is 0 Å². The molecule has 42 heavy (non-hydrogen) atoms. The van der Waals surface area contributed by atoms with Gasteiger partial charge in [-0.2, -0.15) is 18.2 Å². The number of nitrogen functional groups attached to an aromatic ring is 1. The first-order chi connectivity index (χ1) is 20.1. The summed E-state index contributed by atoms with van der Waals surface area (Å²) >= 11 is 0. The number of pyridine rings is 1. The van der Waals surface area contributed by atoms with E-state index in [1.807, 2.05) is 18.7 Å². The molecule has 1 unspecified atom stereocenters. The summed E-state index contributed by atoms with van der Waals surface area (Å²) in [6.07, 6.45) is -3.04. The number of halogens is 5. The van der Waals surface area contributed by atoms with E-state index >= 15 is 4.39 Å². The molecule has 0 saturated carbocycles. The van der Waals surface area contributed by atoms with Crippen molar-refractivity contribution < 1.29 is 31.8 Å². The highest BCUT2D eigenvalue weighted by Gasteiger charge is 2.39. The fraction of sp³-hybridized carbons (Fsp3) is 0.536. The highest BCUT2D eigenvalue weighted by Crippen LogP contribution is 2.44. The molecule has 0 bridgehead atoms. The van der Waals surface area contributed by atoms with Gasteiger partial charge >= 0.3 is 6.18 Å². The van der Waals surface area contributed by atoms with Gasteiger partial charge in [0.05, 0.1) is 17.4 Å². The first kappa shape index (κ1) is 33.0. The number of hydrogen-bond acceptors (Lipinski definition) is 9. The van der Waals surface area contributed by atoms with Gasteiger partial charge in [-0.3, -0.25) is 0 Å². The molecule has 14 heteroatoms. The van der Waals surface area contributed by atoms with Crippen LogP contribution in [0.5, 0.6) is 5.88 Å². The number of ether oxygens (including phenoxy) is 1. The van der Waals surface area contributed by atoms with Gasteiger partial charge in [-0.25, -0.2) is 18.7 Å². The second kappa shape index (κ2) is 14.1. The van der Waals surface area contributed by atoms with Crippen LogP contribution in [0, 0.1) is 18.6 Å². The van der Waals surface area contributed by atoms with Crippen LogP contribution >= 0.6 is 0 Å². The van der Waals surface area contributed by atoms with Crippen LogP contribution in [0.1, 0.15) is 51.2 Å². The quantitative estimate of drug-likeness (QED) is 0.230. The van der Waals surface area contributed by atoms with E-state index in [1.165, 1.54) is 0 Å². The lowest BCUT2D eigenvalue weighted by Gasteiger charge is -2.22. The van der Waals surface area contributed by atoms with Crippen molar-refractivity contribution in [2.75, 3.05) is 55.8 Å². The standard InChI is InChI=1S/C25H28F5N7O.C2H6.CH4O/c1-12-5-6-32-7-8-33-22-16-21(35-24(36-22)37-9-3-4-10-37)19(27)20(34-23(16)38-12)14-11-15(31)18(26)13(2)17(14)25(28,29)30;2*1-2/h11-12,32H,3-10,31H2,1-2H3,(H,33,35,36);1-2H3;2H,1H3. The number of nitrogens with two attached hydrogens (primary N) is 1. The topological polar surface area (TPSA) is 121 Å². The summed E-state index contributed by atoms with van der Waals surface area (Å²) in [7, 11) is 1.00. The van der Waals surface area contributed by atoms with Crippen LogP contribution in [0.4, 0.5) is 39.4 Å². The minimum absolute atomic E-state index is 0.116. The molecule has 1 saturated heterocycles. The maximum Gasteiger partial charge on any atom is 0.417 e. The average molecular weight is 600 g/mol. The number of aromatic nitrogens is 3. The summed E-state index contributed by atoms with van der Waals surface area (Å²) in [5.74, 6) is -1.92. The SMILES string of the molecule is CC.CO.Cc1c(F)c(N)cc(-c2nc3c4c(nc(N5CCCC5)nc4c2F)NCCNCCC(C)O3)c1C(F)(F)F. The molecule has 0 spiro atoms. The summed E-state index contributed by atoms with van der Waals surface area (Å²) in [5.41, 5.74) is 1.44. The van der Waals surface area contributed by atoms with Crippen LogP contribution in [0.2, 0.25) is 0 Å². The zero-order valence-electron chi connectivity index (χ0n) is 24.4. The van der Waals surface area contributed by atoms with E-state index in [0.29, 0.717) is 39.1 Å². The third-order valence-electron chi connectivity index (χ3n) is 6.83. The molecule has 5 rings (SSSR count). The van der Waals surface area contributed by atoms with E-state index in [2.05, 4.69) is 25.6 Å². The Hall–Kier alpha value is -3.52. The summed E-state index contributed by atoms with van der Waals surface area (Å²) in [4.78, 5) is 15.2. The first-order valence-corrected chi connectivity index (χ1v) is 13.9. The van der Waals surface area contributed by atoms with Crippen molar-refractivity contribution in [2.24, 2.45) is 0 Å². The van der Waals surface area contributed by atoms with Gasteiger partial charge < -0.3 is 31.1 Å². The summed E-state index contributed by atoms with van der Waals surface area (Å²) < 4.78 is 79.3. The van der Waals surface area contributed by atoms with Crippen molar-refractivity contribution in [3.05, 3.63) is 28.8 Å². The Morgan fingerprint density at radius 3 is 2.33 bits per heavy atom. The first-order valence-electron chi connectivity index (χ1n) is 13.9. The Balaban J connectivity index is 0.00000116. The molecule has 1 aromatic carbocycles. The van der Waals surface area contributed by atoms with Crippen LogP contribution in [-0.4, -0.2) is 66.0 Å². The van der Waals surface area contributed by atoms with Gasteiger partial charge in [0, 0.05) is 38.9 Å². The molecule has 5 N–H and O–H groups in total. The Kier molecular flexibility index (Phi) is 11.1. The van der Waals surface area contributed by atoms with E-state index in [0.717, 1.165) is 32.9 Å². The minimum Gasteiger partial charge on any atom is -0.474 e. The molecular weight excluding hydrogens is 561 g/mol. The number of anilines is 3. The van der Waals surface area contributed by atoms with Crippen molar-refractivity contribution in [1.29, 1.82) is 0 Å². The molecule has 2 aliphatic heterocycles. The molecule has 0 aliphatic carbocycles. The molecule has 232 valence electrons. The number of alkyl halides is 3. The predicted octanol–water partition coefficient (Wildman–Crippen LogP) is 5.29. The Bertz CT molecular complexity index is 1380. The van der Waals surface area contributed by atoms with E-state index in [9.17, 15) is 17.6 Å². The summed E-state index contributed by atoms with van der Waals surface area (Å²) in [6.45, 7) is 9.74. The van der Waals surface area contributed by atoms with Crippen molar-refractivity contribution >= 4 is 28.4 Å². The summed E-state index contributed by atoms with van der Waals surface area (Å²) in [6, 6.07) is 0.759. The van der Waals surface area contributed by atoms with Gasteiger partial charge in [-0.05, 0) is 51.3 Å². The fourth-order valence-corrected chi connectivity index (χ4v) is 4.90. The Labute approximate surface area is 241 Å². The monoisotopic (exact) mass is 599 g/mol. The van der Waals surface area contributed by atoms with Crippen LogP contribution < -0.4 is 26.0 Å². The maximum atomic E-state index is 16.3. The minimum atomic E-state index is -5.01. The lowest BCUT2D eigenvalue weighted by Crippen LogP contribution is -2.26. The number of rotatable bonds is 2. The second-order valence-electron chi connectivity index (χ2n) is 9.59.